The summed E-state index contributed by atoms with van der Waals surface area (Å²) in [4.78, 5) is 14.0. The van der Waals surface area contributed by atoms with Crippen molar-refractivity contribution in [1.29, 1.82) is 5.26 Å². The number of amides is 1. The summed E-state index contributed by atoms with van der Waals surface area (Å²) in [6, 6.07) is 8.19. The first-order chi connectivity index (χ1) is 8.00. The Morgan fingerprint density at radius 1 is 1.47 bits per heavy atom. The molecule has 1 unspecified atom stereocenters. The van der Waals surface area contributed by atoms with Gasteiger partial charge in [-0.1, -0.05) is 17.7 Å². The Morgan fingerprint density at radius 2 is 2.18 bits per heavy atom. The number of benzene rings is 1. The lowest BCUT2D eigenvalue weighted by molar-refractivity contribution is -0.122. The highest BCUT2D eigenvalue weighted by atomic mass is 16.2. The highest BCUT2D eigenvalue weighted by molar-refractivity contribution is 6.07. The Hall–Kier alpha value is -1.82. The van der Waals surface area contributed by atoms with Gasteiger partial charge in [-0.3, -0.25) is 4.79 Å². The molecule has 2 rings (SSSR count). The molecule has 0 bridgehead atoms. The number of hydrogen-bond donors (Lipinski definition) is 0. The third-order valence-corrected chi connectivity index (χ3v) is 3.62. The van der Waals surface area contributed by atoms with E-state index in [1.807, 2.05) is 26.0 Å². The van der Waals surface area contributed by atoms with E-state index in [0.717, 1.165) is 16.8 Å². The molecule has 0 aromatic heterocycles. The highest BCUT2D eigenvalue weighted by Gasteiger charge is 2.45. The van der Waals surface area contributed by atoms with Gasteiger partial charge >= 0.3 is 0 Å². The summed E-state index contributed by atoms with van der Waals surface area (Å²) in [6.07, 6.45) is 0.993. The Bertz CT molecular complexity index is 515. The van der Waals surface area contributed by atoms with Crippen LogP contribution in [0.5, 0.6) is 0 Å². The number of nitriles is 1. The van der Waals surface area contributed by atoms with Crippen molar-refractivity contribution in [2.24, 2.45) is 0 Å². The molecule has 0 fully saturated rings. The molecule has 0 radical (unpaired) electrons. The molecule has 1 aromatic carbocycles. The van der Waals surface area contributed by atoms with Crippen molar-refractivity contribution in [2.75, 3.05) is 11.9 Å². The Kier molecular flexibility index (Phi) is 2.66. The summed E-state index contributed by atoms with van der Waals surface area (Å²) < 4.78 is 0. The van der Waals surface area contributed by atoms with Crippen LogP contribution in [0.2, 0.25) is 0 Å². The lowest BCUT2D eigenvalue weighted by Crippen LogP contribution is -2.36. The number of aryl methyl sites for hydroxylation is 1. The number of carbonyl (C=O) groups is 1. The van der Waals surface area contributed by atoms with E-state index in [4.69, 9.17) is 5.26 Å². The van der Waals surface area contributed by atoms with Crippen LogP contribution in [0, 0.1) is 18.3 Å². The summed E-state index contributed by atoms with van der Waals surface area (Å²) in [5, 5.41) is 8.72. The maximum absolute atomic E-state index is 12.3. The van der Waals surface area contributed by atoms with Crippen LogP contribution in [-0.2, 0) is 10.2 Å². The largest absolute Gasteiger partial charge is 0.314 e. The quantitative estimate of drug-likeness (QED) is 0.780. The minimum Gasteiger partial charge on any atom is -0.314 e. The smallest absolute Gasteiger partial charge is 0.237 e. The number of hydrogen-bond acceptors (Lipinski definition) is 2. The van der Waals surface area contributed by atoms with Crippen molar-refractivity contribution in [1.82, 2.24) is 0 Å². The summed E-state index contributed by atoms with van der Waals surface area (Å²) in [5.74, 6) is 0.0911. The van der Waals surface area contributed by atoms with Gasteiger partial charge in [0.15, 0.2) is 0 Å². The molecule has 0 saturated carbocycles. The molecule has 1 aliphatic rings. The first kappa shape index (κ1) is 11.7. The van der Waals surface area contributed by atoms with Gasteiger partial charge in [-0.15, -0.1) is 0 Å². The molecule has 1 atom stereocenters. The van der Waals surface area contributed by atoms with Crippen LogP contribution in [0.1, 0.15) is 30.9 Å². The minimum absolute atomic E-state index is 0.0911. The zero-order chi connectivity index (χ0) is 12.6. The van der Waals surface area contributed by atoms with Crippen LogP contribution < -0.4 is 4.90 Å². The first-order valence-electron chi connectivity index (χ1n) is 5.77. The molecule has 3 nitrogen and oxygen atoms in total. The standard InChI is InChI=1S/C14H16N2O/c1-10-5-6-12-11(9-10)14(2,7-4-8-15)13(17)16(12)3/h5-6,9H,4,7H2,1-3H3. The molecule has 0 spiro atoms. The van der Waals surface area contributed by atoms with Crippen LogP contribution in [0.15, 0.2) is 18.2 Å². The average molecular weight is 228 g/mol. The van der Waals surface area contributed by atoms with Gasteiger partial charge in [0.1, 0.15) is 0 Å². The lowest BCUT2D eigenvalue weighted by Gasteiger charge is -2.21. The third-order valence-electron chi connectivity index (χ3n) is 3.62. The van der Waals surface area contributed by atoms with Gasteiger partial charge in [-0.2, -0.15) is 5.26 Å². The van der Waals surface area contributed by atoms with Crippen molar-refractivity contribution >= 4 is 11.6 Å². The predicted molar refractivity (Wildman–Crippen MR) is 66.8 cm³/mol. The minimum atomic E-state index is -0.536. The third kappa shape index (κ3) is 1.61. The fourth-order valence-corrected chi connectivity index (χ4v) is 2.53. The van der Waals surface area contributed by atoms with E-state index in [1.165, 1.54) is 0 Å². The van der Waals surface area contributed by atoms with E-state index in [-0.39, 0.29) is 5.91 Å². The molecule has 1 aliphatic heterocycles. The maximum Gasteiger partial charge on any atom is 0.237 e. The van der Waals surface area contributed by atoms with E-state index < -0.39 is 5.41 Å². The fourth-order valence-electron chi connectivity index (χ4n) is 2.53. The van der Waals surface area contributed by atoms with Crippen molar-refractivity contribution in [2.45, 2.75) is 32.1 Å². The van der Waals surface area contributed by atoms with Gasteiger partial charge in [0, 0.05) is 19.2 Å². The van der Waals surface area contributed by atoms with Gasteiger partial charge in [-0.05, 0) is 31.9 Å². The van der Waals surface area contributed by atoms with Crippen LogP contribution >= 0.6 is 0 Å². The predicted octanol–water partition coefficient (Wildman–Crippen LogP) is 2.53. The van der Waals surface area contributed by atoms with E-state index in [1.54, 1.807) is 11.9 Å². The van der Waals surface area contributed by atoms with Gasteiger partial charge in [-0.25, -0.2) is 0 Å². The monoisotopic (exact) mass is 228 g/mol. The van der Waals surface area contributed by atoms with E-state index in [0.29, 0.717) is 12.8 Å². The second-order valence-corrected chi connectivity index (χ2v) is 4.87. The first-order valence-corrected chi connectivity index (χ1v) is 5.77. The van der Waals surface area contributed by atoms with Crippen molar-refractivity contribution in [3.63, 3.8) is 0 Å². The number of anilines is 1. The van der Waals surface area contributed by atoms with Gasteiger partial charge < -0.3 is 4.90 Å². The molecular formula is C14H16N2O. The molecule has 88 valence electrons. The van der Waals surface area contributed by atoms with Crippen molar-refractivity contribution in [3.05, 3.63) is 29.3 Å². The fraction of sp³-hybridized carbons (Fsp3) is 0.429. The summed E-state index contributed by atoms with van der Waals surface area (Å²) >= 11 is 0. The van der Waals surface area contributed by atoms with Crippen LogP contribution in [0.3, 0.4) is 0 Å². The molecule has 0 aliphatic carbocycles. The Balaban J connectivity index is 2.53. The molecule has 1 aromatic rings. The Labute approximate surface area is 102 Å². The zero-order valence-electron chi connectivity index (χ0n) is 10.4. The topological polar surface area (TPSA) is 44.1 Å². The average Bonchev–Trinajstić information content (AvgIpc) is 2.50. The summed E-state index contributed by atoms with van der Waals surface area (Å²) in [5.41, 5.74) is 2.64. The van der Waals surface area contributed by atoms with Gasteiger partial charge in [0.05, 0.1) is 11.5 Å². The molecule has 0 saturated heterocycles. The van der Waals surface area contributed by atoms with E-state index in [9.17, 15) is 4.79 Å². The number of rotatable bonds is 2. The van der Waals surface area contributed by atoms with Crippen LogP contribution in [0.25, 0.3) is 0 Å². The maximum atomic E-state index is 12.3. The SMILES string of the molecule is Cc1ccc2c(c1)C(C)(CCC#N)C(=O)N2C. The van der Waals surface area contributed by atoms with Crippen molar-refractivity contribution in [3.8, 4) is 6.07 Å². The van der Waals surface area contributed by atoms with Crippen LogP contribution in [0.4, 0.5) is 5.69 Å². The van der Waals surface area contributed by atoms with Crippen LogP contribution in [-0.4, -0.2) is 13.0 Å². The number of carbonyl (C=O) groups excluding carboxylic acids is 1. The second-order valence-electron chi connectivity index (χ2n) is 4.87. The zero-order valence-corrected chi connectivity index (χ0v) is 10.4. The molecular weight excluding hydrogens is 212 g/mol. The summed E-state index contributed by atoms with van der Waals surface area (Å²) in [7, 11) is 1.80. The van der Waals surface area contributed by atoms with E-state index >= 15 is 0 Å². The summed E-state index contributed by atoms with van der Waals surface area (Å²) in [6.45, 7) is 3.96. The highest BCUT2D eigenvalue weighted by Crippen LogP contribution is 2.43. The van der Waals surface area contributed by atoms with Crippen molar-refractivity contribution < 1.29 is 4.79 Å². The van der Waals surface area contributed by atoms with Gasteiger partial charge in [0.2, 0.25) is 5.91 Å². The van der Waals surface area contributed by atoms with E-state index in [2.05, 4.69) is 12.1 Å². The number of fused-ring (bicyclic) bond motifs is 1. The molecule has 0 N–H and O–H groups in total. The Morgan fingerprint density at radius 3 is 2.82 bits per heavy atom. The number of likely N-dealkylation sites (N-methyl/N-ethyl adjacent to an activating group) is 1. The number of nitrogens with zero attached hydrogens (tertiary/aromatic N) is 2. The lowest BCUT2D eigenvalue weighted by atomic mass is 9.79. The second kappa shape index (κ2) is 3.89. The molecule has 3 heteroatoms. The molecule has 1 heterocycles. The molecule has 1 amide bonds. The van der Waals surface area contributed by atoms with Gasteiger partial charge in [0.25, 0.3) is 0 Å². The molecule has 17 heavy (non-hydrogen) atoms. The normalized spacial score (nSPS) is 22.5.